The minimum atomic E-state index is -0.550. The summed E-state index contributed by atoms with van der Waals surface area (Å²) >= 11 is 7.35. The van der Waals surface area contributed by atoms with E-state index in [4.69, 9.17) is 11.6 Å². The van der Waals surface area contributed by atoms with Crippen LogP contribution in [0.25, 0.3) is 0 Å². The molecule has 2 N–H and O–H groups in total. The highest BCUT2D eigenvalue weighted by molar-refractivity contribution is 8.00. The van der Waals surface area contributed by atoms with E-state index >= 15 is 0 Å². The van der Waals surface area contributed by atoms with E-state index in [-0.39, 0.29) is 17.2 Å². The standard InChI is InChI=1S/C23H20ClN3O4S/c1-14-9-10-17(24)12-21(14)26-22(28)15(2)32-20-8-4-6-18(13-20)25-23(29)16-5-3-7-19(11-16)27(30)31/h3-13,15H,1-2H3,(H,25,29)(H,26,28). The zero-order valence-electron chi connectivity index (χ0n) is 17.3. The number of nitro benzene ring substituents is 1. The van der Waals surface area contributed by atoms with Crippen molar-refractivity contribution < 1.29 is 14.5 Å². The van der Waals surface area contributed by atoms with E-state index in [1.807, 2.05) is 19.1 Å². The van der Waals surface area contributed by atoms with Crippen LogP contribution in [0, 0.1) is 17.0 Å². The van der Waals surface area contributed by atoms with Crippen LogP contribution in [0.5, 0.6) is 0 Å². The third-order valence-corrected chi connectivity index (χ3v) is 5.88. The van der Waals surface area contributed by atoms with Crippen molar-refractivity contribution in [1.82, 2.24) is 0 Å². The SMILES string of the molecule is Cc1ccc(Cl)cc1NC(=O)C(C)Sc1cccc(NC(=O)c2cccc([N+](=O)[O-])c2)c1. The van der Waals surface area contributed by atoms with Gasteiger partial charge in [-0.25, -0.2) is 0 Å². The van der Waals surface area contributed by atoms with Crippen molar-refractivity contribution in [3.8, 4) is 0 Å². The molecule has 0 aromatic heterocycles. The number of non-ortho nitro benzene ring substituents is 1. The number of hydrogen-bond acceptors (Lipinski definition) is 5. The summed E-state index contributed by atoms with van der Waals surface area (Å²) in [5.74, 6) is -0.635. The van der Waals surface area contributed by atoms with Gasteiger partial charge >= 0.3 is 0 Å². The van der Waals surface area contributed by atoms with Crippen LogP contribution in [0.4, 0.5) is 17.1 Å². The molecule has 0 aliphatic carbocycles. The van der Waals surface area contributed by atoms with Gasteiger partial charge in [-0.2, -0.15) is 0 Å². The number of nitrogens with one attached hydrogen (secondary N) is 2. The van der Waals surface area contributed by atoms with Crippen LogP contribution in [0.3, 0.4) is 0 Å². The molecule has 9 heteroatoms. The van der Waals surface area contributed by atoms with Crippen LogP contribution < -0.4 is 10.6 Å². The number of carbonyl (C=O) groups excluding carboxylic acids is 2. The van der Waals surface area contributed by atoms with Crippen LogP contribution in [-0.2, 0) is 4.79 Å². The minimum Gasteiger partial charge on any atom is -0.325 e. The molecule has 0 heterocycles. The van der Waals surface area contributed by atoms with Gasteiger partial charge in [-0.05, 0) is 55.8 Å². The number of nitrogens with zero attached hydrogens (tertiary/aromatic N) is 1. The predicted octanol–water partition coefficient (Wildman–Crippen LogP) is 5.93. The molecule has 0 saturated carbocycles. The average Bonchev–Trinajstić information content (AvgIpc) is 2.76. The van der Waals surface area contributed by atoms with Gasteiger partial charge in [-0.15, -0.1) is 11.8 Å². The molecule has 3 aromatic rings. The first-order chi connectivity index (χ1) is 15.2. The Bertz CT molecular complexity index is 1190. The van der Waals surface area contributed by atoms with E-state index in [1.165, 1.54) is 36.0 Å². The van der Waals surface area contributed by atoms with Crippen molar-refractivity contribution in [2.45, 2.75) is 24.0 Å². The number of benzene rings is 3. The highest BCUT2D eigenvalue weighted by atomic mass is 35.5. The molecular formula is C23H20ClN3O4S. The van der Waals surface area contributed by atoms with Crippen molar-refractivity contribution in [2.75, 3.05) is 10.6 Å². The summed E-state index contributed by atoms with van der Waals surface area (Å²) in [5.41, 5.74) is 2.11. The lowest BCUT2D eigenvalue weighted by Crippen LogP contribution is -2.22. The van der Waals surface area contributed by atoms with E-state index in [1.54, 1.807) is 37.3 Å². The molecule has 0 aliphatic rings. The predicted molar refractivity (Wildman–Crippen MR) is 128 cm³/mol. The lowest BCUT2D eigenvalue weighted by atomic mass is 10.2. The first kappa shape index (κ1) is 23.3. The van der Waals surface area contributed by atoms with E-state index < -0.39 is 16.1 Å². The lowest BCUT2D eigenvalue weighted by molar-refractivity contribution is -0.384. The van der Waals surface area contributed by atoms with Gasteiger partial charge in [0, 0.05) is 39.0 Å². The first-order valence-electron chi connectivity index (χ1n) is 9.62. The number of rotatable bonds is 7. The smallest absolute Gasteiger partial charge is 0.270 e. The Hall–Kier alpha value is -3.36. The summed E-state index contributed by atoms with van der Waals surface area (Å²) in [5, 5.41) is 16.7. The molecule has 0 radical (unpaired) electrons. The van der Waals surface area contributed by atoms with Gasteiger partial charge in [0.1, 0.15) is 0 Å². The molecule has 0 bridgehead atoms. The van der Waals surface area contributed by atoms with Gasteiger partial charge in [0.15, 0.2) is 0 Å². The molecule has 0 fully saturated rings. The van der Waals surface area contributed by atoms with Gasteiger partial charge in [-0.1, -0.05) is 29.8 Å². The van der Waals surface area contributed by atoms with E-state index in [0.29, 0.717) is 16.4 Å². The maximum Gasteiger partial charge on any atom is 0.270 e. The van der Waals surface area contributed by atoms with Crippen molar-refractivity contribution in [1.29, 1.82) is 0 Å². The molecule has 3 rings (SSSR count). The second kappa shape index (κ2) is 10.3. The lowest BCUT2D eigenvalue weighted by Gasteiger charge is -2.14. The molecule has 164 valence electrons. The molecule has 1 atom stereocenters. The third-order valence-electron chi connectivity index (χ3n) is 4.55. The summed E-state index contributed by atoms with van der Waals surface area (Å²) in [4.78, 5) is 36.2. The van der Waals surface area contributed by atoms with Crippen LogP contribution in [0.2, 0.25) is 5.02 Å². The zero-order chi connectivity index (χ0) is 23.3. The highest BCUT2D eigenvalue weighted by Crippen LogP contribution is 2.28. The molecule has 3 aromatic carbocycles. The summed E-state index contributed by atoms with van der Waals surface area (Å²) in [6.45, 7) is 3.67. The van der Waals surface area contributed by atoms with Crippen LogP contribution in [-0.4, -0.2) is 22.0 Å². The number of aryl methyl sites for hydroxylation is 1. The van der Waals surface area contributed by atoms with Gasteiger partial charge in [-0.3, -0.25) is 19.7 Å². The second-order valence-corrected chi connectivity index (χ2v) is 8.85. The Morgan fingerprint density at radius 2 is 1.78 bits per heavy atom. The maximum absolute atomic E-state index is 12.6. The van der Waals surface area contributed by atoms with Crippen molar-refractivity contribution >= 4 is 52.2 Å². The fraction of sp³-hybridized carbons (Fsp3) is 0.130. The van der Waals surface area contributed by atoms with Crippen LogP contribution >= 0.6 is 23.4 Å². The second-order valence-electron chi connectivity index (χ2n) is 7.00. The van der Waals surface area contributed by atoms with Gasteiger partial charge in [0.05, 0.1) is 10.2 Å². The Kier molecular flexibility index (Phi) is 7.50. The molecule has 0 spiro atoms. The topological polar surface area (TPSA) is 101 Å². The molecular weight excluding hydrogens is 450 g/mol. The molecule has 2 amide bonds. The first-order valence-corrected chi connectivity index (χ1v) is 10.9. The van der Waals surface area contributed by atoms with Crippen molar-refractivity contribution in [3.63, 3.8) is 0 Å². The Morgan fingerprint density at radius 1 is 1.03 bits per heavy atom. The van der Waals surface area contributed by atoms with E-state index in [9.17, 15) is 19.7 Å². The maximum atomic E-state index is 12.6. The monoisotopic (exact) mass is 469 g/mol. The van der Waals surface area contributed by atoms with Gasteiger partial charge in [0.25, 0.3) is 11.6 Å². The molecule has 1 unspecified atom stereocenters. The highest BCUT2D eigenvalue weighted by Gasteiger charge is 2.17. The largest absolute Gasteiger partial charge is 0.325 e. The Balaban J connectivity index is 1.66. The summed E-state index contributed by atoms with van der Waals surface area (Å²) < 4.78 is 0. The Labute approximate surface area is 194 Å². The number of amides is 2. The molecule has 0 saturated heterocycles. The summed E-state index contributed by atoms with van der Waals surface area (Å²) in [7, 11) is 0. The molecule has 7 nitrogen and oxygen atoms in total. The number of halogens is 1. The zero-order valence-corrected chi connectivity index (χ0v) is 18.9. The van der Waals surface area contributed by atoms with Gasteiger partial charge in [0.2, 0.25) is 5.91 Å². The van der Waals surface area contributed by atoms with Gasteiger partial charge < -0.3 is 10.6 Å². The van der Waals surface area contributed by atoms with Crippen LogP contribution in [0.15, 0.2) is 71.6 Å². The van der Waals surface area contributed by atoms with E-state index in [0.717, 1.165) is 10.5 Å². The number of thioether (sulfide) groups is 1. The fourth-order valence-corrected chi connectivity index (χ4v) is 3.93. The number of anilines is 2. The number of carbonyl (C=O) groups is 2. The Morgan fingerprint density at radius 3 is 2.53 bits per heavy atom. The number of hydrogen-bond donors (Lipinski definition) is 2. The normalized spacial score (nSPS) is 11.5. The number of nitro groups is 1. The summed E-state index contributed by atoms with van der Waals surface area (Å²) in [6, 6.07) is 17.9. The van der Waals surface area contributed by atoms with Crippen molar-refractivity contribution in [3.05, 3.63) is 93.0 Å². The van der Waals surface area contributed by atoms with Crippen LogP contribution in [0.1, 0.15) is 22.8 Å². The molecule has 0 aliphatic heterocycles. The fourth-order valence-electron chi connectivity index (χ4n) is 2.83. The third kappa shape index (κ3) is 6.09. The van der Waals surface area contributed by atoms with E-state index in [2.05, 4.69) is 10.6 Å². The quantitative estimate of drug-likeness (QED) is 0.254. The minimum absolute atomic E-state index is 0.156. The molecule has 32 heavy (non-hydrogen) atoms. The summed E-state index contributed by atoms with van der Waals surface area (Å²) in [6.07, 6.45) is 0. The average molecular weight is 470 g/mol. The van der Waals surface area contributed by atoms with Crippen molar-refractivity contribution in [2.24, 2.45) is 0 Å².